The fraction of sp³-hybridized carbons (Fsp3) is 0.500. The van der Waals surface area contributed by atoms with Crippen LogP contribution >= 0.6 is 11.6 Å². The lowest BCUT2D eigenvalue weighted by molar-refractivity contribution is 0.265. The molecule has 1 heterocycles. The Morgan fingerprint density at radius 3 is 2.94 bits per heavy atom. The van der Waals surface area contributed by atoms with Gasteiger partial charge in [-0.15, -0.1) is 6.58 Å². The number of anilines is 1. The minimum Gasteiger partial charge on any atom is -0.381 e. The lowest BCUT2D eigenvalue weighted by Crippen LogP contribution is -2.52. The predicted molar refractivity (Wildman–Crippen MR) is 73.0 cm³/mol. The summed E-state index contributed by atoms with van der Waals surface area (Å²) in [5.74, 6) is 0. The molecular weight excluding hydrogens is 252 g/mol. The molecule has 1 saturated carbocycles. The molecule has 0 aliphatic heterocycles. The first-order chi connectivity index (χ1) is 8.56. The second-order valence-electron chi connectivity index (χ2n) is 4.72. The average molecular weight is 269 g/mol. The number of nitrogens with two attached hydrogens (primary N) is 1. The molecule has 2 rings (SSSR count). The standard InChI is InChI=1S/C12H17ClN4O/c1-2-6-17-11(18)10(13)9(7-16-17)15-8-12(14)4-3-5-12/h2,7,15H,1,3-6,8,14H2. The number of halogens is 1. The van der Waals surface area contributed by atoms with E-state index in [1.165, 1.54) is 4.68 Å². The number of hydrogen-bond acceptors (Lipinski definition) is 4. The molecule has 0 unspecified atom stereocenters. The molecule has 3 N–H and O–H groups in total. The number of rotatable bonds is 5. The average Bonchev–Trinajstić information content (AvgIpc) is 2.32. The number of hydrogen-bond donors (Lipinski definition) is 2. The van der Waals surface area contributed by atoms with Gasteiger partial charge in [-0.2, -0.15) is 5.10 Å². The van der Waals surface area contributed by atoms with Crippen molar-refractivity contribution in [1.82, 2.24) is 9.78 Å². The Balaban J connectivity index is 2.11. The van der Waals surface area contributed by atoms with E-state index in [2.05, 4.69) is 17.0 Å². The van der Waals surface area contributed by atoms with Gasteiger partial charge in [-0.3, -0.25) is 4.79 Å². The van der Waals surface area contributed by atoms with Gasteiger partial charge in [0, 0.05) is 12.1 Å². The Bertz CT molecular complexity index is 507. The molecule has 18 heavy (non-hydrogen) atoms. The Kier molecular flexibility index (Phi) is 3.73. The van der Waals surface area contributed by atoms with Crippen molar-refractivity contribution in [3.05, 3.63) is 34.2 Å². The van der Waals surface area contributed by atoms with Crippen molar-refractivity contribution < 1.29 is 0 Å². The largest absolute Gasteiger partial charge is 0.381 e. The van der Waals surface area contributed by atoms with E-state index in [9.17, 15) is 4.79 Å². The van der Waals surface area contributed by atoms with Crippen LogP contribution < -0.4 is 16.6 Å². The molecule has 1 aromatic rings. The Morgan fingerprint density at radius 2 is 2.39 bits per heavy atom. The normalized spacial score (nSPS) is 17.0. The third-order valence-corrected chi connectivity index (χ3v) is 3.63. The van der Waals surface area contributed by atoms with Crippen molar-refractivity contribution >= 4 is 17.3 Å². The topological polar surface area (TPSA) is 72.9 Å². The van der Waals surface area contributed by atoms with Gasteiger partial charge in [-0.05, 0) is 19.3 Å². The van der Waals surface area contributed by atoms with Gasteiger partial charge in [0.15, 0.2) is 0 Å². The van der Waals surface area contributed by atoms with Gasteiger partial charge < -0.3 is 11.1 Å². The monoisotopic (exact) mass is 268 g/mol. The SMILES string of the molecule is C=CCn1ncc(NCC2(N)CCC2)c(Cl)c1=O. The zero-order valence-corrected chi connectivity index (χ0v) is 10.9. The van der Waals surface area contributed by atoms with Gasteiger partial charge in [0.1, 0.15) is 5.02 Å². The smallest absolute Gasteiger partial charge is 0.287 e. The summed E-state index contributed by atoms with van der Waals surface area (Å²) in [6.45, 7) is 4.52. The fourth-order valence-electron chi connectivity index (χ4n) is 1.92. The van der Waals surface area contributed by atoms with Gasteiger partial charge in [-0.25, -0.2) is 4.68 Å². The zero-order chi connectivity index (χ0) is 13.2. The van der Waals surface area contributed by atoms with Crippen molar-refractivity contribution in [1.29, 1.82) is 0 Å². The molecule has 0 bridgehead atoms. The quantitative estimate of drug-likeness (QED) is 0.792. The maximum Gasteiger partial charge on any atom is 0.287 e. The Morgan fingerprint density at radius 1 is 1.67 bits per heavy atom. The van der Waals surface area contributed by atoms with E-state index < -0.39 is 0 Å². The summed E-state index contributed by atoms with van der Waals surface area (Å²) in [4.78, 5) is 11.8. The van der Waals surface area contributed by atoms with Crippen LogP contribution in [-0.2, 0) is 6.54 Å². The highest BCUT2D eigenvalue weighted by Gasteiger charge is 2.32. The zero-order valence-electron chi connectivity index (χ0n) is 10.2. The molecule has 0 spiro atoms. The number of allylic oxidation sites excluding steroid dienone is 1. The van der Waals surface area contributed by atoms with Crippen LogP contribution in [0.4, 0.5) is 5.69 Å². The molecule has 1 fully saturated rings. The van der Waals surface area contributed by atoms with E-state index in [4.69, 9.17) is 17.3 Å². The summed E-state index contributed by atoms with van der Waals surface area (Å²) in [5, 5.41) is 7.27. The van der Waals surface area contributed by atoms with Crippen molar-refractivity contribution in [2.24, 2.45) is 5.73 Å². The van der Waals surface area contributed by atoms with Gasteiger partial charge in [0.2, 0.25) is 0 Å². The van der Waals surface area contributed by atoms with Crippen LogP contribution in [-0.4, -0.2) is 21.9 Å². The van der Waals surface area contributed by atoms with Crippen LogP contribution in [0.5, 0.6) is 0 Å². The number of nitrogens with zero attached hydrogens (tertiary/aromatic N) is 2. The van der Waals surface area contributed by atoms with E-state index in [0.717, 1.165) is 19.3 Å². The van der Waals surface area contributed by atoms with E-state index in [0.29, 0.717) is 18.8 Å². The van der Waals surface area contributed by atoms with Gasteiger partial charge in [0.05, 0.1) is 18.4 Å². The van der Waals surface area contributed by atoms with Gasteiger partial charge in [-0.1, -0.05) is 17.7 Å². The third kappa shape index (κ3) is 2.57. The number of nitrogens with one attached hydrogen (secondary N) is 1. The molecule has 0 saturated heterocycles. The van der Waals surface area contributed by atoms with Crippen LogP contribution in [0.25, 0.3) is 0 Å². The van der Waals surface area contributed by atoms with Crippen LogP contribution in [0.3, 0.4) is 0 Å². The summed E-state index contributed by atoms with van der Waals surface area (Å²) in [7, 11) is 0. The second-order valence-corrected chi connectivity index (χ2v) is 5.10. The van der Waals surface area contributed by atoms with Gasteiger partial charge >= 0.3 is 0 Å². The number of aromatic nitrogens is 2. The maximum absolute atomic E-state index is 11.8. The Labute approximate surface area is 111 Å². The van der Waals surface area contributed by atoms with Crippen molar-refractivity contribution in [3.63, 3.8) is 0 Å². The maximum atomic E-state index is 11.8. The molecule has 0 amide bonds. The molecule has 1 aromatic heterocycles. The molecule has 0 atom stereocenters. The van der Waals surface area contributed by atoms with Crippen LogP contribution in [0, 0.1) is 0 Å². The second kappa shape index (κ2) is 5.12. The van der Waals surface area contributed by atoms with Crippen LogP contribution in [0.2, 0.25) is 5.02 Å². The molecule has 1 aliphatic carbocycles. The summed E-state index contributed by atoms with van der Waals surface area (Å²) in [5.41, 5.74) is 6.15. The fourth-order valence-corrected chi connectivity index (χ4v) is 2.13. The molecule has 1 aliphatic rings. The highest BCUT2D eigenvalue weighted by Crippen LogP contribution is 2.29. The summed E-state index contributed by atoms with van der Waals surface area (Å²) in [6, 6.07) is 0. The first kappa shape index (κ1) is 13.1. The summed E-state index contributed by atoms with van der Waals surface area (Å²) in [6.07, 6.45) is 6.30. The van der Waals surface area contributed by atoms with Gasteiger partial charge in [0.25, 0.3) is 5.56 Å². The highest BCUT2D eigenvalue weighted by molar-refractivity contribution is 6.32. The molecular formula is C12H17ClN4O. The lowest BCUT2D eigenvalue weighted by Gasteiger charge is -2.38. The minimum absolute atomic E-state index is 0.148. The molecule has 98 valence electrons. The summed E-state index contributed by atoms with van der Waals surface area (Å²) < 4.78 is 1.27. The minimum atomic E-state index is -0.318. The van der Waals surface area contributed by atoms with Crippen LogP contribution in [0.15, 0.2) is 23.6 Å². The first-order valence-electron chi connectivity index (χ1n) is 5.95. The molecule has 0 aromatic carbocycles. The Hall–Kier alpha value is -1.33. The highest BCUT2D eigenvalue weighted by atomic mass is 35.5. The molecule has 6 heteroatoms. The molecule has 0 radical (unpaired) electrons. The van der Waals surface area contributed by atoms with E-state index in [1.807, 2.05) is 0 Å². The first-order valence-corrected chi connectivity index (χ1v) is 6.33. The van der Waals surface area contributed by atoms with Crippen molar-refractivity contribution in [2.45, 2.75) is 31.3 Å². The summed E-state index contributed by atoms with van der Waals surface area (Å²) >= 11 is 6.01. The van der Waals surface area contributed by atoms with Crippen LogP contribution in [0.1, 0.15) is 19.3 Å². The predicted octanol–water partition coefficient (Wildman–Crippen LogP) is 1.38. The van der Waals surface area contributed by atoms with Crippen molar-refractivity contribution in [3.8, 4) is 0 Å². The van der Waals surface area contributed by atoms with E-state index >= 15 is 0 Å². The van der Waals surface area contributed by atoms with Crippen molar-refractivity contribution in [2.75, 3.05) is 11.9 Å². The third-order valence-electron chi connectivity index (χ3n) is 3.27. The van der Waals surface area contributed by atoms with E-state index in [-0.39, 0.29) is 16.1 Å². The van der Waals surface area contributed by atoms with E-state index in [1.54, 1.807) is 12.3 Å². The molecule has 5 nitrogen and oxygen atoms in total. The lowest BCUT2D eigenvalue weighted by atomic mass is 9.78.